The summed E-state index contributed by atoms with van der Waals surface area (Å²) in [7, 11) is 0.168. The molecule has 1 saturated heterocycles. The van der Waals surface area contributed by atoms with Gasteiger partial charge in [0.25, 0.3) is 0 Å². The van der Waals surface area contributed by atoms with E-state index in [-0.39, 0.29) is 29.1 Å². The maximum Gasteiger partial charge on any atom is 0.242 e. The Balaban J connectivity index is 1.60. The number of nitrogens with zero attached hydrogens (tertiary/aromatic N) is 3. The first-order chi connectivity index (χ1) is 15.2. The van der Waals surface area contributed by atoms with E-state index in [9.17, 15) is 17.6 Å². The van der Waals surface area contributed by atoms with Crippen LogP contribution in [0.25, 0.3) is 10.9 Å². The van der Waals surface area contributed by atoms with Crippen molar-refractivity contribution in [2.24, 2.45) is 0 Å². The van der Waals surface area contributed by atoms with Crippen LogP contribution in [0.3, 0.4) is 0 Å². The molecule has 0 unspecified atom stereocenters. The van der Waals surface area contributed by atoms with Gasteiger partial charge in [-0.15, -0.1) is 0 Å². The third-order valence-electron chi connectivity index (χ3n) is 6.27. The van der Waals surface area contributed by atoms with Crippen LogP contribution in [-0.2, 0) is 26.9 Å². The second-order valence-electron chi connectivity index (χ2n) is 8.57. The second kappa shape index (κ2) is 9.03. The van der Waals surface area contributed by atoms with E-state index in [2.05, 4.69) is 11.9 Å². The lowest BCUT2D eigenvalue weighted by Gasteiger charge is -2.35. The fourth-order valence-electron chi connectivity index (χ4n) is 4.36. The van der Waals surface area contributed by atoms with E-state index in [1.54, 1.807) is 33.9 Å². The minimum Gasteiger partial charge on any atom is -0.341 e. The van der Waals surface area contributed by atoms with E-state index < -0.39 is 15.7 Å². The number of amides is 1. The second-order valence-corrected chi connectivity index (χ2v) is 10.5. The number of fused-ring (bicyclic) bond motifs is 1. The number of likely N-dealkylation sites (tertiary alicyclic amines) is 1. The van der Waals surface area contributed by atoms with E-state index in [4.69, 9.17) is 0 Å². The average molecular weight is 458 g/mol. The minimum absolute atomic E-state index is 0.0469. The number of rotatable bonds is 6. The molecule has 32 heavy (non-hydrogen) atoms. The Morgan fingerprint density at radius 2 is 1.84 bits per heavy atom. The van der Waals surface area contributed by atoms with Gasteiger partial charge in [0, 0.05) is 30.2 Å². The molecule has 0 radical (unpaired) electrons. The van der Waals surface area contributed by atoms with Crippen LogP contribution >= 0.6 is 0 Å². The lowest BCUT2D eigenvalue weighted by atomic mass is 10.0. The maximum atomic E-state index is 13.6. The third kappa shape index (κ3) is 4.71. The van der Waals surface area contributed by atoms with E-state index in [0.29, 0.717) is 16.5 Å². The number of halogens is 1. The summed E-state index contributed by atoms with van der Waals surface area (Å²) in [6, 6.07) is 13.0. The van der Waals surface area contributed by atoms with Crippen LogP contribution in [0.1, 0.15) is 18.4 Å². The Bertz CT molecular complexity index is 1230. The van der Waals surface area contributed by atoms with Crippen molar-refractivity contribution in [1.82, 2.24) is 14.4 Å². The molecule has 1 aliphatic heterocycles. The van der Waals surface area contributed by atoms with Crippen LogP contribution < -0.4 is 0 Å². The molecule has 1 aromatic heterocycles. The Morgan fingerprint density at radius 1 is 1.12 bits per heavy atom. The van der Waals surface area contributed by atoms with Crippen LogP contribution in [0.4, 0.5) is 4.39 Å². The molecule has 4 rings (SSSR count). The molecule has 170 valence electrons. The lowest BCUT2D eigenvalue weighted by Crippen LogP contribution is -2.45. The highest BCUT2D eigenvalue weighted by Crippen LogP contribution is 2.28. The van der Waals surface area contributed by atoms with Gasteiger partial charge in [-0.05, 0) is 56.7 Å². The standard InChI is InChI=1S/C24H28FN3O3S/c1-26-12-10-20(11-13-26)27(2)24(29)16-28-15-23(21-8-3-4-9-22(21)28)32(30,31)17-18-6-5-7-19(25)14-18/h3-9,14-15,20H,10-13,16-17H2,1-2H3. The van der Waals surface area contributed by atoms with Gasteiger partial charge in [-0.2, -0.15) is 0 Å². The number of piperidine rings is 1. The molecular formula is C24H28FN3O3S. The van der Waals surface area contributed by atoms with Gasteiger partial charge in [-0.3, -0.25) is 4.79 Å². The summed E-state index contributed by atoms with van der Waals surface area (Å²) in [5.41, 5.74) is 1.08. The number of benzene rings is 2. The quantitative estimate of drug-likeness (QED) is 0.570. The predicted octanol–water partition coefficient (Wildman–Crippen LogP) is 3.31. The molecule has 8 heteroatoms. The number of sulfone groups is 1. The van der Waals surface area contributed by atoms with Crippen molar-refractivity contribution in [2.45, 2.75) is 36.1 Å². The molecule has 0 atom stereocenters. The lowest BCUT2D eigenvalue weighted by molar-refractivity contribution is -0.133. The number of para-hydroxylation sites is 1. The van der Waals surface area contributed by atoms with Crippen LogP contribution in [0, 0.1) is 5.82 Å². The number of hydrogen-bond acceptors (Lipinski definition) is 4. The molecule has 1 fully saturated rings. The summed E-state index contributed by atoms with van der Waals surface area (Å²) in [6.45, 7) is 1.98. The zero-order valence-corrected chi connectivity index (χ0v) is 19.2. The topological polar surface area (TPSA) is 62.6 Å². The van der Waals surface area contributed by atoms with Gasteiger partial charge in [-0.1, -0.05) is 30.3 Å². The Labute approximate surface area is 188 Å². The SMILES string of the molecule is CN1CCC(N(C)C(=O)Cn2cc(S(=O)(=O)Cc3cccc(F)c3)c3ccccc32)CC1. The Kier molecular flexibility index (Phi) is 6.35. The average Bonchev–Trinajstić information content (AvgIpc) is 3.13. The molecule has 3 aromatic rings. The van der Waals surface area contributed by atoms with Gasteiger partial charge >= 0.3 is 0 Å². The van der Waals surface area contributed by atoms with Crippen molar-refractivity contribution in [3.05, 3.63) is 66.1 Å². The molecule has 2 aromatic carbocycles. The van der Waals surface area contributed by atoms with E-state index in [1.165, 1.54) is 18.2 Å². The Hall–Kier alpha value is -2.71. The van der Waals surface area contributed by atoms with Gasteiger partial charge in [0.1, 0.15) is 12.4 Å². The van der Waals surface area contributed by atoms with E-state index in [0.717, 1.165) is 25.9 Å². The van der Waals surface area contributed by atoms with Crippen molar-refractivity contribution in [3.63, 3.8) is 0 Å². The van der Waals surface area contributed by atoms with Gasteiger partial charge < -0.3 is 14.4 Å². The van der Waals surface area contributed by atoms with Crippen molar-refractivity contribution in [2.75, 3.05) is 27.2 Å². The molecule has 1 aliphatic rings. The molecular weight excluding hydrogens is 429 g/mol. The van der Waals surface area contributed by atoms with Gasteiger partial charge in [0.15, 0.2) is 9.84 Å². The molecule has 0 spiro atoms. The third-order valence-corrected chi connectivity index (χ3v) is 7.98. The van der Waals surface area contributed by atoms with Crippen molar-refractivity contribution >= 4 is 26.6 Å². The van der Waals surface area contributed by atoms with Crippen LogP contribution in [0.2, 0.25) is 0 Å². The van der Waals surface area contributed by atoms with E-state index >= 15 is 0 Å². The molecule has 6 nitrogen and oxygen atoms in total. The molecule has 0 saturated carbocycles. The number of carbonyl (C=O) groups is 1. The highest BCUT2D eigenvalue weighted by molar-refractivity contribution is 7.90. The molecule has 0 bridgehead atoms. The summed E-state index contributed by atoms with van der Waals surface area (Å²) in [5, 5.41) is 0.568. The van der Waals surface area contributed by atoms with Gasteiger partial charge in [-0.25, -0.2) is 12.8 Å². The molecule has 0 N–H and O–H groups in total. The summed E-state index contributed by atoms with van der Waals surface area (Å²) in [6.07, 6.45) is 3.40. The highest BCUT2D eigenvalue weighted by atomic mass is 32.2. The minimum atomic E-state index is -3.74. The van der Waals surface area contributed by atoms with Crippen LogP contribution in [0.5, 0.6) is 0 Å². The first-order valence-electron chi connectivity index (χ1n) is 10.7. The molecule has 0 aliphatic carbocycles. The number of hydrogen-bond donors (Lipinski definition) is 0. The number of likely N-dealkylation sites (N-methyl/N-ethyl adjacent to an activating group) is 1. The fraction of sp³-hybridized carbons (Fsp3) is 0.375. The largest absolute Gasteiger partial charge is 0.341 e. The van der Waals surface area contributed by atoms with Crippen LogP contribution in [0.15, 0.2) is 59.6 Å². The summed E-state index contributed by atoms with van der Waals surface area (Å²) in [5.74, 6) is -0.820. The van der Waals surface area contributed by atoms with Crippen molar-refractivity contribution < 1.29 is 17.6 Å². The fourth-order valence-corrected chi connectivity index (χ4v) is 5.93. The zero-order valence-electron chi connectivity index (χ0n) is 18.4. The maximum absolute atomic E-state index is 13.6. The monoisotopic (exact) mass is 457 g/mol. The summed E-state index contributed by atoms with van der Waals surface area (Å²) in [4.78, 5) is 17.2. The highest BCUT2D eigenvalue weighted by Gasteiger charge is 2.26. The smallest absolute Gasteiger partial charge is 0.242 e. The number of aromatic nitrogens is 1. The number of carbonyl (C=O) groups excluding carboxylic acids is 1. The van der Waals surface area contributed by atoms with Crippen LogP contribution in [-0.4, -0.2) is 61.9 Å². The van der Waals surface area contributed by atoms with E-state index in [1.807, 2.05) is 19.2 Å². The molecule has 1 amide bonds. The first kappa shape index (κ1) is 22.5. The Morgan fingerprint density at radius 3 is 2.56 bits per heavy atom. The predicted molar refractivity (Wildman–Crippen MR) is 123 cm³/mol. The van der Waals surface area contributed by atoms with Gasteiger partial charge in [0.2, 0.25) is 5.91 Å². The normalized spacial score (nSPS) is 15.8. The first-order valence-corrected chi connectivity index (χ1v) is 12.4. The molecule has 2 heterocycles. The zero-order chi connectivity index (χ0) is 22.9. The summed E-state index contributed by atoms with van der Waals surface area (Å²) < 4.78 is 41.7. The summed E-state index contributed by atoms with van der Waals surface area (Å²) >= 11 is 0. The van der Waals surface area contributed by atoms with Crippen molar-refractivity contribution in [1.29, 1.82) is 0 Å². The van der Waals surface area contributed by atoms with Crippen molar-refractivity contribution in [3.8, 4) is 0 Å². The van der Waals surface area contributed by atoms with Gasteiger partial charge in [0.05, 0.1) is 10.6 Å².